The lowest BCUT2D eigenvalue weighted by atomic mass is 9.99. The third-order valence-electron chi connectivity index (χ3n) is 4.15. The molecule has 1 atom stereocenters. The number of pyridine rings is 1. The minimum Gasteiger partial charge on any atom is -0.288 e. The smallest absolute Gasteiger partial charge is 0.259 e. The van der Waals surface area contributed by atoms with Gasteiger partial charge in [0.25, 0.3) is 5.91 Å². The number of aromatic nitrogens is 1. The largest absolute Gasteiger partial charge is 0.288 e. The SMILES string of the molecule is N#C[C@@H]1C=Cc2c(ccc3cccnc23)N1C(=O)c1ccccc1. The molecule has 0 bridgehead atoms. The summed E-state index contributed by atoms with van der Waals surface area (Å²) in [5, 5.41) is 10.5. The van der Waals surface area contributed by atoms with Crippen molar-refractivity contribution in [3.63, 3.8) is 0 Å². The number of amides is 1. The molecule has 3 aromatic rings. The van der Waals surface area contributed by atoms with Gasteiger partial charge in [0.15, 0.2) is 0 Å². The monoisotopic (exact) mass is 311 g/mol. The Bertz CT molecular complexity index is 1000. The first-order chi connectivity index (χ1) is 11.8. The number of carbonyl (C=O) groups is 1. The minimum absolute atomic E-state index is 0.192. The van der Waals surface area contributed by atoms with E-state index in [0.29, 0.717) is 11.3 Å². The van der Waals surface area contributed by atoms with E-state index < -0.39 is 6.04 Å². The van der Waals surface area contributed by atoms with Gasteiger partial charge in [0.1, 0.15) is 6.04 Å². The number of nitriles is 1. The van der Waals surface area contributed by atoms with E-state index in [0.717, 1.165) is 16.5 Å². The fraction of sp³-hybridized carbons (Fsp3) is 0.0500. The molecule has 1 aromatic heterocycles. The lowest BCUT2D eigenvalue weighted by molar-refractivity contribution is 0.0985. The molecule has 0 saturated carbocycles. The Labute approximate surface area is 139 Å². The van der Waals surface area contributed by atoms with Gasteiger partial charge in [-0.1, -0.05) is 36.4 Å². The van der Waals surface area contributed by atoms with Crippen LogP contribution in [0, 0.1) is 11.3 Å². The normalized spacial score (nSPS) is 15.8. The van der Waals surface area contributed by atoms with Crippen LogP contribution in [0.5, 0.6) is 0 Å². The molecule has 4 heteroatoms. The maximum absolute atomic E-state index is 13.0. The molecule has 4 nitrogen and oxygen atoms in total. The highest BCUT2D eigenvalue weighted by molar-refractivity contribution is 6.11. The predicted octanol–water partition coefficient (Wildman–Crippen LogP) is 3.80. The van der Waals surface area contributed by atoms with Crippen LogP contribution in [0.1, 0.15) is 15.9 Å². The Morgan fingerprint density at radius 2 is 1.92 bits per heavy atom. The minimum atomic E-state index is -0.633. The number of fused-ring (bicyclic) bond motifs is 3. The Kier molecular flexibility index (Phi) is 3.33. The van der Waals surface area contributed by atoms with E-state index in [4.69, 9.17) is 0 Å². The van der Waals surface area contributed by atoms with Gasteiger partial charge < -0.3 is 0 Å². The molecular weight excluding hydrogens is 298 g/mol. The van der Waals surface area contributed by atoms with Crippen LogP contribution in [0.3, 0.4) is 0 Å². The second-order valence-corrected chi connectivity index (χ2v) is 5.55. The van der Waals surface area contributed by atoms with Gasteiger partial charge in [-0.3, -0.25) is 14.7 Å². The maximum atomic E-state index is 13.0. The van der Waals surface area contributed by atoms with E-state index in [-0.39, 0.29) is 5.91 Å². The number of rotatable bonds is 1. The van der Waals surface area contributed by atoms with E-state index in [2.05, 4.69) is 11.1 Å². The summed E-state index contributed by atoms with van der Waals surface area (Å²) in [5.41, 5.74) is 2.96. The average Bonchev–Trinajstić information content (AvgIpc) is 2.67. The van der Waals surface area contributed by atoms with E-state index in [9.17, 15) is 10.1 Å². The van der Waals surface area contributed by atoms with E-state index in [1.807, 2.05) is 48.5 Å². The van der Waals surface area contributed by atoms with Gasteiger partial charge >= 0.3 is 0 Å². The summed E-state index contributed by atoms with van der Waals surface area (Å²) in [6.07, 6.45) is 5.36. The molecule has 2 aromatic carbocycles. The average molecular weight is 311 g/mol. The summed E-state index contributed by atoms with van der Waals surface area (Å²) in [5.74, 6) is -0.192. The van der Waals surface area contributed by atoms with Gasteiger partial charge in [-0.05, 0) is 30.3 Å². The molecule has 0 fully saturated rings. The van der Waals surface area contributed by atoms with Gasteiger partial charge in [0, 0.05) is 22.7 Å². The quantitative estimate of drug-likeness (QED) is 0.687. The van der Waals surface area contributed by atoms with Crippen LogP contribution in [0.4, 0.5) is 5.69 Å². The standard InChI is InChI=1S/C20H13N3O/c21-13-16-9-10-17-18(11-8-14-7-4-12-22-19(14)17)23(16)20(24)15-5-2-1-3-6-15/h1-12,16H/t16-/m0/s1. The Balaban J connectivity index is 1.91. The van der Waals surface area contributed by atoms with Gasteiger partial charge in [-0.15, -0.1) is 0 Å². The molecule has 0 radical (unpaired) electrons. The van der Waals surface area contributed by atoms with Crippen LogP contribution in [-0.2, 0) is 0 Å². The molecule has 4 rings (SSSR count). The fourth-order valence-electron chi connectivity index (χ4n) is 3.01. The molecule has 0 unspecified atom stereocenters. The number of hydrogen-bond acceptors (Lipinski definition) is 3. The second kappa shape index (κ2) is 5.64. The van der Waals surface area contributed by atoms with Crippen LogP contribution in [-0.4, -0.2) is 16.9 Å². The number of anilines is 1. The first-order valence-corrected chi connectivity index (χ1v) is 7.64. The summed E-state index contributed by atoms with van der Waals surface area (Å²) in [4.78, 5) is 19.0. The van der Waals surface area contributed by atoms with Gasteiger partial charge in [0.05, 0.1) is 17.3 Å². The van der Waals surface area contributed by atoms with Gasteiger partial charge in [0.2, 0.25) is 0 Å². The van der Waals surface area contributed by atoms with Crippen molar-refractivity contribution in [3.05, 3.63) is 78.0 Å². The first-order valence-electron chi connectivity index (χ1n) is 7.64. The number of carbonyl (C=O) groups excluding carboxylic acids is 1. The molecule has 1 amide bonds. The molecule has 1 aliphatic heterocycles. The van der Waals surface area contributed by atoms with Crippen LogP contribution in [0.15, 0.2) is 66.9 Å². The second-order valence-electron chi connectivity index (χ2n) is 5.55. The van der Waals surface area contributed by atoms with E-state index in [1.54, 1.807) is 29.3 Å². The molecule has 114 valence electrons. The third-order valence-corrected chi connectivity index (χ3v) is 4.15. The molecule has 2 heterocycles. The zero-order chi connectivity index (χ0) is 16.5. The van der Waals surface area contributed by atoms with Crippen LogP contribution in [0.2, 0.25) is 0 Å². The zero-order valence-corrected chi connectivity index (χ0v) is 12.8. The Morgan fingerprint density at radius 3 is 2.71 bits per heavy atom. The van der Waals surface area contributed by atoms with E-state index >= 15 is 0 Å². The van der Waals surface area contributed by atoms with Gasteiger partial charge in [-0.25, -0.2) is 0 Å². The van der Waals surface area contributed by atoms with E-state index in [1.165, 1.54) is 0 Å². The maximum Gasteiger partial charge on any atom is 0.259 e. The van der Waals surface area contributed by atoms with Crippen molar-refractivity contribution in [2.75, 3.05) is 4.90 Å². The first kappa shape index (κ1) is 14.2. The third kappa shape index (κ3) is 2.15. The van der Waals surface area contributed by atoms with Crippen molar-refractivity contribution in [3.8, 4) is 6.07 Å². The zero-order valence-electron chi connectivity index (χ0n) is 12.8. The molecule has 0 N–H and O–H groups in total. The number of benzene rings is 2. The summed E-state index contributed by atoms with van der Waals surface area (Å²) < 4.78 is 0. The van der Waals surface area contributed by atoms with Crippen LogP contribution in [0.25, 0.3) is 17.0 Å². The predicted molar refractivity (Wildman–Crippen MR) is 93.4 cm³/mol. The van der Waals surface area contributed by atoms with Crippen molar-refractivity contribution < 1.29 is 4.79 Å². The Hall–Kier alpha value is -3.45. The van der Waals surface area contributed by atoms with Crippen molar-refractivity contribution in [1.29, 1.82) is 5.26 Å². The fourth-order valence-corrected chi connectivity index (χ4v) is 3.01. The summed E-state index contributed by atoms with van der Waals surface area (Å²) >= 11 is 0. The lowest BCUT2D eigenvalue weighted by Crippen LogP contribution is -2.40. The molecule has 24 heavy (non-hydrogen) atoms. The molecule has 1 aliphatic rings. The van der Waals surface area contributed by atoms with Crippen molar-refractivity contribution in [2.24, 2.45) is 0 Å². The molecule has 0 aliphatic carbocycles. The summed E-state index contributed by atoms with van der Waals surface area (Å²) in [6, 6.07) is 18.2. The lowest BCUT2D eigenvalue weighted by Gasteiger charge is -2.30. The molecule has 0 saturated heterocycles. The number of hydrogen-bond donors (Lipinski definition) is 0. The Morgan fingerprint density at radius 1 is 1.08 bits per heavy atom. The van der Waals surface area contributed by atoms with Crippen LogP contribution >= 0.6 is 0 Å². The van der Waals surface area contributed by atoms with Crippen molar-refractivity contribution >= 4 is 28.6 Å². The molecular formula is C20H13N3O. The molecule has 0 spiro atoms. The highest BCUT2D eigenvalue weighted by atomic mass is 16.2. The van der Waals surface area contributed by atoms with Gasteiger partial charge in [-0.2, -0.15) is 5.26 Å². The highest BCUT2D eigenvalue weighted by Crippen LogP contribution is 2.34. The van der Waals surface area contributed by atoms with Crippen molar-refractivity contribution in [2.45, 2.75) is 6.04 Å². The summed E-state index contributed by atoms with van der Waals surface area (Å²) in [6.45, 7) is 0. The van der Waals surface area contributed by atoms with Crippen LogP contribution < -0.4 is 4.90 Å². The van der Waals surface area contributed by atoms with Crippen molar-refractivity contribution in [1.82, 2.24) is 4.98 Å². The number of nitrogens with zero attached hydrogens (tertiary/aromatic N) is 3. The summed E-state index contributed by atoms with van der Waals surface area (Å²) in [7, 11) is 0. The highest BCUT2D eigenvalue weighted by Gasteiger charge is 2.29. The topological polar surface area (TPSA) is 57.0 Å².